The van der Waals surface area contributed by atoms with Gasteiger partial charge >= 0.3 is 0 Å². The fourth-order valence-corrected chi connectivity index (χ4v) is 4.65. The summed E-state index contributed by atoms with van der Waals surface area (Å²) in [6.07, 6.45) is 3.67. The number of furan rings is 1. The SMILES string of the molecule is c1cc(-c2ccc3oc4ccccc4c3c2)cc(-n2c3cccnc3c3cccnc32)c1. The lowest BCUT2D eigenvalue weighted by atomic mass is 10.0. The molecule has 0 N–H and O–H groups in total. The van der Waals surface area contributed by atoms with E-state index in [1.54, 1.807) is 0 Å². The molecule has 0 fully saturated rings. The molecule has 0 aliphatic rings. The zero-order chi connectivity index (χ0) is 21.1. The summed E-state index contributed by atoms with van der Waals surface area (Å²) in [5.74, 6) is 0. The van der Waals surface area contributed by atoms with Gasteiger partial charge in [0.15, 0.2) is 0 Å². The second-order valence-corrected chi connectivity index (χ2v) is 7.94. The molecule has 0 saturated carbocycles. The molecule has 0 aliphatic heterocycles. The van der Waals surface area contributed by atoms with E-state index in [4.69, 9.17) is 4.42 Å². The van der Waals surface area contributed by atoms with Gasteiger partial charge in [0.25, 0.3) is 0 Å². The Bertz CT molecular complexity index is 1740. The van der Waals surface area contributed by atoms with Crippen molar-refractivity contribution in [2.24, 2.45) is 0 Å². The standard InChI is InChI=1S/C28H17N3O/c1-2-11-25-21(8-1)23-17-19(12-13-26(23)32-25)18-6-3-7-20(16-18)31-24-10-5-14-29-27(24)22-9-4-15-30-28(22)31/h1-17H. The van der Waals surface area contributed by atoms with Crippen molar-refractivity contribution in [3.63, 3.8) is 0 Å². The Balaban J connectivity index is 1.45. The van der Waals surface area contributed by atoms with Crippen LogP contribution in [0.5, 0.6) is 0 Å². The molecule has 7 rings (SSSR count). The molecule has 0 unspecified atom stereocenters. The molecule has 0 aliphatic carbocycles. The van der Waals surface area contributed by atoms with Crippen molar-refractivity contribution in [1.29, 1.82) is 0 Å². The molecule has 0 spiro atoms. The van der Waals surface area contributed by atoms with Crippen molar-refractivity contribution in [2.75, 3.05) is 0 Å². The monoisotopic (exact) mass is 411 g/mol. The lowest BCUT2D eigenvalue weighted by molar-refractivity contribution is 0.669. The predicted molar refractivity (Wildman–Crippen MR) is 129 cm³/mol. The van der Waals surface area contributed by atoms with Gasteiger partial charge in [-0.3, -0.25) is 9.55 Å². The summed E-state index contributed by atoms with van der Waals surface area (Å²) < 4.78 is 8.19. The van der Waals surface area contributed by atoms with Crippen LogP contribution in [0.25, 0.3) is 60.8 Å². The third-order valence-corrected chi connectivity index (χ3v) is 6.10. The first kappa shape index (κ1) is 17.3. The van der Waals surface area contributed by atoms with Crippen LogP contribution >= 0.6 is 0 Å². The second-order valence-electron chi connectivity index (χ2n) is 7.94. The van der Waals surface area contributed by atoms with Crippen molar-refractivity contribution in [1.82, 2.24) is 14.5 Å². The van der Waals surface area contributed by atoms with Crippen LogP contribution < -0.4 is 0 Å². The van der Waals surface area contributed by atoms with Crippen LogP contribution in [0.1, 0.15) is 0 Å². The van der Waals surface area contributed by atoms with E-state index >= 15 is 0 Å². The van der Waals surface area contributed by atoms with Crippen LogP contribution in [0.15, 0.2) is 108 Å². The van der Waals surface area contributed by atoms with E-state index in [1.165, 1.54) is 0 Å². The van der Waals surface area contributed by atoms with Crippen LogP contribution in [0, 0.1) is 0 Å². The highest BCUT2D eigenvalue weighted by atomic mass is 16.3. The molecule has 0 saturated heterocycles. The van der Waals surface area contributed by atoms with Gasteiger partial charge in [-0.05, 0) is 65.7 Å². The smallest absolute Gasteiger partial charge is 0.147 e. The molecule has 4 nitrogen and oxygen atoms in total. The number of pyridine rings is 2. The minimum atomic E-state index is 0.906. The number of hydrogen-bond donors (Lipinski definition) is 0. The molecule has 150 valence electrons. The summed E-state index contributed by atoms with van der Waals surface area (Å²) in [5, 5.41) is 3.32. The number of benzene rings is 3. The van der Waals surface area contributed by atoms with Gasteiger partial charge in [0.2, 0.25) is 0 Å². The Hall–Kier alpha value is -4.44. The van der Waals surface area contributed by atoms with Crippen molar-refractivity contribution in [3.8, 4) is 16.8 Å². The first-order valence-electron chi connectivity index (χ1n) is 10.6. The van der Waals surface area contributed by atoms with E-state index < -0.39 is 0 Å². The number of aromatic nitrogens is 3. The summed E-state index contributed by atoms with van der Waals surface area (Å²) >= 11 is 0. The summed E-state index contributed by atoms with van der Waals surface area (Å²) in [6, 6.07) is 31.3. The van der Waals surface area contributed by atoms with E-state index in [-0.39, 0.29) is 0 Å². The van der Waals surface area contributed by atoms with E-state index in [0.717, 1.165) is 60.8 Å². The maximum atomic E-state index is 6.00. The molecule has 4 aromatic heterocycles. The highest BCUT2D eigenvalue weighted by Gasteiger charge is 2.14. The third kappa shape index (κ3) is 2.44. The van der Waals surface area contributed by atoms with Crippen molar-refractivity contribution in [3.05, 3.63) is 103 Å². The minimum absolute atomic E-state index is 0.906. The highest BCUT2D eigenvalue weighted by molar-refractivity contribution is 6.07. The number of fused-ring (bicyclic) bond motifs is 6. The summed E-state index contributed by atoms with van der Waals surface area (Å²) in [7, 11) is 0. The molecule has 7 aromatic rings. The van der Waals surface area contributed by atoms with Crippen molar-refractivity contribution >= 4 is 44.0 Å². The van der Waals surface area contributed by atoms with Gasteiger partial charge in [-0.15, -0.1) is 0 Å². The molecule has 3 aromatic carbocycles. The number of para-hydroxylation sites is 1. The fraction of sp³-hybridized carbons (Fsp3) is 0. The Morgan fingerprint density at radius 2 is 1.41 bits per heavy atom. The third-order valence-electron chi connectivity index (χ3n) is 6.10. The number of hydrogen-bond acceptors (Lipinski definition) is 3. The van der Waals surface area contributed by atoms with E-state index in [9.17, 15) is 0 Å². The van der Waals surface area contributed by atoms with Crippen LogP contribution in [-0.4, -0.2) is 14.5 Å². The Morgan fingerprint density at radius 3 is 2.41 bits per heavy atom. The fourth-order valence-electron chi connectivity index (χ4n) is 4.65. The zero-order valence-electron chi connectivity index (χ0n) is 17.1. The summed E-state index contributed by atoms with van der Waals surface area (Å²) in [4.78, 5) is 9.30. The molecule has 4 heterocycles. The lowest BCUT2D eigenvalue weighted by Gasteiger charge is -2.09. The second kappa shape index (κ2) is 6.53. The van der Waals surface area contributed by atoms with E-state index in [1.807, 2.05) is 42.7 Å². The molecule has 0 radical (unpaired) electrons. The van der Waals surface area contributed by atoms with Gasteiger partial charge in [0.05, 0.1) is 11.0 Å². The van der Waals surface area contributed by atoms with E-state index in [0.29, 0.717) is 0 Å². The van der Waals surface area contributed by atoms with E-state index in [2.05, 4.69) is 75.2 Å². The molecule has 0 amide bonds. The van der Waals surface area contributed by atoms with Gasteiger partial charge in [0.1, 0.15) is 16.8 Å². The van der Waals surface area contributed by atoms with Crippen LogP contribution in [-0.2, 0) is 0 Å². The number of rotatable bonds is 2. The quantitative estimate of drug-likeness (QED) is 0.304. The molecular weight excluding hydrogens is 394 g/mol. The average molecular weight is 411 g/mol. The van der Waals surface area contributed by atoms with Crippen molar-refractivity contribution in [2.45, 2.75) is 0 Å². The highest BCUT2D eigenvalue weighted by Crippen LogP contribution is 2.34. The molecule has 0 bridgehead atoms. The number of nitrogens with zero attached hydrogens (tertiary/aromatic N) is 3. The summed E-state index contributed by atoms with van der Waals surface area (Å²) in [6.45, 7) is 0. The molecule has 32 heavy (non-hydrogen) atoms. The predicted octanol–water partition coefficient (Wildman–Crippen LogP) is 7.14. The maximum absolute atomic E-state index is 6.00. The Morgan fingerprint density at radius 1 is 0.594 bits per heavy atom. The normalized spacial score (nSPS) is 11.8. The lowest BCUT2D eigenvalue weighted by Crippen LogP contribution is -1.95. The molecule has 0 atom stereocenters. The molecular formula is C28H17N3O. The van der Waals surface area contributed by atoms with Gasteiger partial charge in [-0.1, -0.05) is 36.4 Å². The van der Waals surface area contributed by atoms with Gasteiger partial charge in [0, 0.05) is 34.2 Å². The topological polar surface area (TPSA) is 43.9 Å². The first-order valence-corrected chi connectivity index (χ1v) is 10.6. The molecule has 4 heteroatoms. The zero-order valence-corrected chi connectivity index (χ0v) is 17.1. The van der Waals surface area contributed by atoms with Crippen LogP contribution in [0.3, 0.4) is 0 Å². The minimum Gasteiger partial charge on any atom is -0.456 e. The van der Waals surface area contributed by atoms with Crippen LogP contribution in [0.4, 0.5) is 0 Å². The van der Waals surface area contributed by atoms with Gasteiger partial charge < -0.3 is 4.42 Å². The van der Waals surface area contributed by atoms with Crippen molar-refractivity contribution < 1.29 is 4.42 Å². The van der Waals surface area contributed by atoms with Gasteiger partial charge in [-0.25, -0.2) is 4.98 Å². The van der Waals surface area contributed by atoms with Crippen LogP contribution in [0.2, 0.25) is 0 Å². The summed E-state index contributed by atoms with van der Waals surface area (Å²) in [5.41, 5.74) is 8.10. The maximum Gasteiger partial charge on any atom is 0.147 e. The Labute approximate surface area is 183 Å². The first-order chi connectivity index (χ1) is 15.9. The average Bonchev–Trinajstić information content (AvgIpc) is 3.39. The Kier molecular flexibility index (Phi) is 3.52. The largest absolute Gasteiger partial charge is 0.456 e. The van der Waals surface area contributed by atoms with Gasteiger partial charge in [-0.2, -0.15) is 0 Å².